The highest BCUT2D eigenvalue weighted by Gasteiger charge is 2.31. The van der Waals surface area contributed by atoms with E-state index in [0.29, 0.717) is 5.92 Å². The number of alkyl halides is 1. The predicted molar refractivity (Wildman–Crippen MR) is 62.1 cm³/mol. The topological polar surface area (TPSA) is 29.5 Å². The molecule has 2 aliphatic rings. The van der Waals surface area contributed by atoms with Crippen LogP contribution in [0.5, 0.6) is 0 Å². The molecule has 2 aliphatic heterocycles. The number of nitrogens with zero attached hydrogens (tertiary/aromatic N) is 1. The molecule has 2 rings (SSSR count). The van der Waals surface area contributed by atoms with Crippen LogP contribution in [0.1, 0.15) is 25.7 Å². The second-order valence-electron chi connectivity index (χ2n) is 4.45. The van der Waals surface area contributed by atoms with Crippen LogP contribution in [-0.4, -0.2) is 41.9 Å². The van der Waals surface area contributed by atoms with E-state index in [1.54, 1.807) is 0 Å². The van der Waals surface area contributed by atoms with Gasteiger partial charge in [0.2, 0.25) is 0 Å². The SMILES string of the molecule is O=C(C1CCCCO1)N1CCC(CBr)C1. The fourth-order valence-corrected chi connectivity index (χ4v) is 2.83. The van der Waals surface area contributed by atoms with Gasteiger partial charge >= 0.3 is 0 Å². The maximum absolute atomic E-state index is 12.0. The fraction of sp³-hybridized carbons (Fsp3) is 0.909. The van der Waals surface area contributed by atoms with Gasteiger partial charge in [-0.15, -0.1) is 0 Å². The summed E-state index contributed by atoms with van der Waals surface area (Å²) in [5, 5.41) is 1.00. The molecule has 0 radical (unpaired) electrons. The summed E-state index contributed by atoms with van der Waals surface area (Å²) in [4.78, 5) is 14.0. The van der Waals surface area contributed by atoms with Gasteiger partial charge in [-0.2, -0.15) is 0 Å². The molecule has 0 bridgehead atoms. The van der Waals surface area contributed by atoms with Gasteiger partial charge in [0.15, 0.2) is 0 Å². The van der Waals surface area contributed by atoms with Gasteiger partial charge in [-0.3, -0.25) is 4.79 Å². The van der Waals surface area contributed by atoms with Crippen molar-refractivity contribution < 1.29 is 9.53 Å². The molecule has 2 heterocycles. The van der Waals surface area contributed by atoms with Crippen LogP contribution >= 0.6 is 15.9 Å². The van der Waals surface area contributed by atoms with Crippen LogP contribution in [-0.2, 0) is 9.53 Å². The summed E-state index contributed by atoms with van der Waals surface area (Å²) >= 11 is 3.48. The quantitative estimate of drug-likeness (QED) is 0.720. The Bertz CT molecular complexity index is 229. The third kappa shape index (κ3) is 2.72. The standard InChI is InChI=1S/C11H18BrNO2/c12-7-9-4-5-13(8-9)11(14)10-3-1-2-6-15-10/h9-10H,1-8H2. The molecular formula is C11H18BrNO2. The maximum Gasteiger partial charge on any atom is 0.251 e. The molecule has 0 aromatic rings. The Labute approximate surface area is 99.3 Å². The summed E-state index contributed by atoms with van der Waals surface area (Å²) in [6.45, 7) is 2.57. The number of hydrogen-bond acceptors (Lipinski definition) is 2. The lowest BCUT2D eigenvalue weighted by Gasteiger charge is -2.26. The highest BCUT2D eigenvalue weighted by molar-refractivity contribution is 9.09. The van der Waals surface area contributed by atoms with Crippen LogP contribution in [0, 0.1) is 5.92 Å². The molecular weight excluding hydrogens is 258 g/mol. The number of halogens is 1. The number of carbonyl (C=O) groups is 1. The van der Waals surface area contributed by atoms with Gasteiger partial charge in [-0.1, -0.05) is 15.9 Å². The molecule has 0 saturated carbocycles. The summed E-state index contributed by atoms with van der Waals surface area (Å²) < 4.78 is 5.52. The Morgan fingerprint density at radius 1 is 1.40 bits per heavy atom. The molecule has 2 fully saturated rings. The smallest absolute Gasteiger partial charge is 0.251 e. The van der Waals surface area contributed by atoms with Crippen molar-refractivity contribution in [3.8, 4) is 0 Å². The van der Waals surface area contributed by atoms with E-state index in [1.165, 1.54) is 0 Å². The van der Waals surface area contributed by atoms with E-state index in [1.807, 2.05) is 4.90 Å². The van der Waals surface area contributed by atoms with Crippen molar-refractivity contribution in [3.05, 3.63) is 0 Å². The number of likely N-dealkylation sites (tertiary alicyclic amines) is 1. The van der Waals surface area contributed by atoms with E-state index < -0.39 is 0 Å². The van der Waals surface area contributed by atoms with Gasteiger partial charge in [0.25, 0.3) is 5.91 Å². The molecule has 0 aromatic heterocycles. The second kappa shape index (κ2) is 5.30. The van der Waals surface area contributed by atoms with Gasteiger partial charge in [-0.05, 0) is 31.6 Å². The van der Waals surface area contributed by atoms with E-state index in [-0.39, 0.29) is 12.0 Å². The van der Waals surface area contributed by atoms with Crippen molar-refractivity contribution in [1.29, 1.82) is 0 Å². The van der Waals surface area contributed by atoms with Crippen LogP contribution < -0.4 is 0 Å². The minimum Gasteiger partial charge on any atom is -0.368 e. The van der Waals surface area contributed by atoms with Gasteiger partial charge in [0, 0.05) is 25.0 Å². The number of rotatable bonds is 2. The monoisotopic (exact) mass is 275 g/mol. The van der Waals surface area contributed by atoms with Crippen LogP contribution in [0.2, 0.25) is 0 Å². The summed E-state index contributed by atoms with van der Waals surface area (Å²) in [5.41, 5.74) is 0. The van der Waals surface area contributed by atoms with Crippen molar-refractivity contribution in [3.63, 3.8) is 0 Å². The molecule has 0 aliphatic carbocycles. The summed E-state index contributed by atoms with van der Waals surface area (Å²) in [6, 6.07) is 0. The fourth-order valence-electron chi connectivity index (χ4n) is 2.30. The summed E-state index contributed by atoms with van der Waals surface area (Å²) in [5.74, 6) is 0.857. The zero-order valence-electron chi connectivity index (χ0n) is 8.95. The molecule has 4 heteroatoms. The molecule has 2 atom stereocenters. The van der Waals surface area contributed by atoms with Crippen LogP contribution in [0.3, 0.4) is 0 Å². The minimum atomic E-state index is -0.146. The Balaban J connectivity index is 1.85. The molecule has 3 nitrogen and oxygen atoms in total. The Morgan fingerprint density at radius 2 is 2.27 bits per heavy atom. The number of ether oxygens (including phenoxy) is 1. The first-order valence-electron chi connectivity index (χ1n) is 5.77. The van der Waals surface area contributed by atoms with Gasteiger partial charge in [0.1, 0.15) is 6.10 Å². The van der Waals surface area contributed by atoms with Crippen molar-refractivity contribution in [1.82, 2.24) is 4.90 Å². The molecule has 15 heavy (non-hydrogen) atoms. The average Bonchev–Trinajstić information content (AvgIpc) is 2.78. The molecule has 86 valence electrons. The van der Waals surface area contributed by atoms with Crippen molar-refractivity contribution in [2.75, 3.05) is 25.0 Å². The van der Waals surface area contributed by atoms with Crippen molar-refractivity contribution >= 4 is 21.8 Å². The number of carbonyl (C=O) groups excluding carboxylic acids is 1. The highest BCUT2D eigenvalue weighted by atomic mass is 79.9. The molecule has 0 aromatic carbocycles. The first-order valence-corrected chi connectivity index (χ1v) is 6.89. The number of hydrogen-bond donors (Lipinski definition) is 0. The molecule has 2 unspecified atom stereocenters. The lowest BCUT2D eigenvalue weighted by Crippen LogP contribution is -2.40. The van der Waals surface area contributed by atoms with Crippen LogP contribution in [0.4, 0.5) is 0 Å². The van der Waals surface area contributed by atoms with Crippen LogP contribution in [0.15, 0.2) is 0 Å². The van der Waals surface area contributed by atoms with E-state index >= 15 is 0 Å². The Hall–Kier alpha value is -0.0900. The zero-order chi connectivity index (χ0) is 10.7. The van der Waals surface area contributed by atoms with E-state index in [4.69, 9.17) is 4.74 Å². The van der Waals surface area contributed by atoms with Gasteiger partial charge in [-0.25, -0.2) is 0 Å². The maximum atomic E-state index is 12.0. The molecule has 0 N–H and O–H groups in total. The molecule has 2 saturated heterocycles. The van der Waals surface area contributed by atoms with Crippen molar-refractivity contribution in [2.24, 2.45) is 5.92 Å². The van der Waals surface area contributed by atoms with Crippen LogP contribution in [0.25, 0.3) is 0 Å². The second-order valence-corrected chi connectivity index (χ2v) is 5.10. The number of amides is 1. The van der Waals surface area contributed by atoms with E-state index in [9.17, 15) is 4.79 Å². The van der Waals surface area contributed by atoms with Gasteiger partial charge < -0.3 is 9.64 Å². The first-order chi connectivity index (χ1) is 7.31. The third-order valence-corrected chi connectivity index (χ3v) is 4.19. The van der Waals surface area contributed by atoms with Crippen molar-refractivity contribution in [2.45, 2.75) is 31.8 Å². The lowest BCUT2D eigenvalue weighted by molar-refractivity contribution is -0.145. The van der Waals surface area contributed by atoms with E-state index in [0.717, 1.165) is 50.7 Å². The van der Waals surface area contributed by atoms with E-state index in [2.05, 4.69) is 15.9 Å². The third-order valence-electron chi connectivity index (χ3n) is 3.27. The zero-order valence-corrected chi connectivity index (χ0v) is 10.5. The molecule has 0 spiro atoms. The first kappa shape index (κ1) is 11.4. The average molecular weight is 276 g/mol. The predicted octanol–water partition coefficient (Wildman–Crippen LogP) is 1.80. The largest absolute Gasteiger partial charge is 0.368 e. The normalized spacial score (nSPS) is 31.9. The Kier molecular flexibility index (Phi) is 4.03. The lowest BCUT2D eigenvalue weighted by atomic mass is 10.1. The molecule has 1 amide bonds. The minimum absolute atomic E-state index is 0.146. The summed E-state index contributed by atoms with van der Waals surface area (Å²) in [7, 11) is 0. The Morgan fingerprint density at radius 3 is 2.87 bits per heavy atom. The highest BCUT2D eigenvalue weighted by Crippen LogP contribution is 2.22. The summed E-state index contributed by atoms with van der Waals surface area (Å²) in [6.07, 6.45) is 4.13. The van der Waals surface area contributed by atoms with Gasteiger partial charge in [0.05, 0.1) is 0 Å².